The molecule has 1 aliphatic carbocycles. The lowest BCUT2D eigenvalue weighted by Crippen LogP contribution is -2.46. The van der Waals surface area contributed by atoms with E-state index in [-0.39, 0.29) is 6.10 Å². The maximum absolute atomic E-state index is 11.9. The quantitative estimate of drug-likeness (QED) is 0.252. The molecular weight excluding hydrogens is 588 g/mol. The number of ether oxygens (including phenoxy) is 2. The predicted molar refractivity (Wildman–Crippen MR) is 180 cm³/mol. The number of likely N-dealkylation sites (tertiary alicyclic amines) is 2. The number of methoxy groups -OCH3 is 1. The second kappa shape index (κ2) is 14.7. The topological polar surface area (TPSA) is 82.5 Å². The van der Waals surface area contributed by atoms with Crippen LogP contribution in [0.25, 0.3) is 11.6 Å². The standard InChI is InChI=1S/C37H47ClN2O5/c1-36(2)31(27-11-5-4-6-12-27)13-9-17-37(36,45-22-10-19-39-21-16-30(41)26-39)18-15-28-24-34(44-3)29(23-32(28)38)25-40-20-8-7-14-33(40)35(42)43/h4-6,9,11-13,15,17-18,23-24,30,33,41H,7-8,10,14,16,19-22,25-26H2,1-3H3,(H,42,43)/b18-15+/t30-,33+,37?/m1/s1. The summed E-state index contributed by atoms with van der Waals surface area (Å²) in [6.45, 7) is 8.72. The molecule has 0 radical (unpaired) electrons. The van der Waals surface area contributed by atoms with Crippen LogP contribution in [0, 0.1) is 5.41 Å². The van der Waals surface area contributed by atoms with Crippen LogP contribution in [0.3, 0.4) is 0 Å². The lowest BCUT2D eigenvalue weighted by Gasteiger charge is -2.46. The van der Waals surface area contributed by atoms with Crippen LogP contribution in [0.2, 0.25) is 5.02 Å². The van der Waals surface area contributed by atoms with Gasteiger partial charge < -0.3 is 24.6 Å². The number of aliphatic hydroxyl groups excluding tert-OH is 1. The molecule has 2 heterocycles. The molecule has 0 amide bonds. The monoisotopic (exact) mass is 634 g/mol. The summed E-state index contributed by atoms with van der Waals surface area (Å²) in [6.07, 6.45) is 14.5. The van der Waals surface area contributed by atoms with Gasteiger partial charge in [0.15, 0.2) is 0 Å². The maximum atomic E-state index is 11.9. The number of piperidine rings is 1. The molecule has 2 aliphatic heterocycles. The molecule has 2 saturated heterocycles. The lowest BCUT2D eigenvalue weighted by atomic mass is 9.65. The van der Waals surface area contributed by atoms with E-state index in [0.717, 1.165) is 68.6 Å². The Morgan fingerprint density at radius 2 is 1.93 bits per heavy atom. The van der Waals surface area contributed by atoms with E-state index >= 15 is 0 Å². The molecule has 0 saturated carbocycles. The first-order chi connectivity index (χ1) is 21.6. The Bertz CT molecular complexity index is 1420. The molecule has 3 aliphatic rings. The molecule has 2 N–H and O–H groups in total. The molecular formula is C37H47ClN2O5. The van der Waals surface area contributed by atoms with E-state index in [0.29, 0.717) is 30.3 Å². The van der Waals surface area contributed by atoms with Crippen molar-refractivity contribution in [1.82, 2.24) is 9.80 Å². The van der Waals surface area contributed by atoms with Gasteiger partial charge in [-0.3, -0.25) is 9.69 Å². The van der Waals surface area contributed by atoms with E-state index in [4.69, 9.17) is 21.1 Å². The zero-order chi connectivity index (χ0) is 32.0. The van der Waals surface area contributed by atoms with Crippen LogP contribution in [-0.4, -0.2) is 83.6 Å². The van der Waals surface area contributed by atoms with Crippen LogP contribution in [0.4, 0.5) is 0 Å². The van der Waals surface area contributed by atoms with Gasteiger partial charge in [0.1, 0.15) is 17.4 Å². The SMILES string of the molecule is COc1cc(/C=C/C2(OCCCN3CC[C@@H](O)C3)C=CC=C(c3ccccc3)C2(C)C)c(Cl)cc1CN1CCCC[C@H]1C(=O)O. The van der Waals surface area contributed by atoms with Crippen molar-refractivity contribution in [2.45, 2.75) is 70.2 Å². The number of carbonyl (C=O) groups is 1. The first kappa shape index (κ1) is 33.4. The van der Waals surface area contributed by atoms with Gasteiger partial charge in [0.2, 0.25) is 0 Å². The number of allylic oxidation sites excluding steroid dienone is 2. The van der Waals surface area contributed by atoms with Gasteiger partial charge in [0.05, 0.1) is 13.2 Å². The van der Waals surface area contributed by atoms with Crippen molar-refractivity contribution < 1.29 is 24.5 Å². The second-order valence-electron chi connectivity index (χ2n) is 13.0. The minimum Gasteiger partial charge on any atom is -0.496 e. The third-order valence-corrected chi connectivity index (χ3v) is 10.1. The minimum absolute atomic E-state index is 0.231. The highest BCUT2D eigenvalue weighted by molar-refractivity contribution is 6.32. The Balaban J connectivity index is 1.42. The summed E-state index contributed by atoms with van der Waals surface area (Å²) in [5, 5.41) is 20.3. The summed E-state index contributed by atoms with van der Waals surface area (Å²) in [4.78, 5) is 16.2. The van der Waals surface area contributed by atoms with E-state index in [2.05, 4.69) is 67.3 Å². The average Bonchev–Trinajstić information content (AvgIpc) is 3.45. The van der Waals surface area contributed by atoms with Gasteiger partial charge in [0.25, 0.3) is 0 Å². The Labute approximate surface area is 272 Å². The van der Waals surface area contributed by atoms with E-state index in [1.54, 1.807) is 7.11 Å². The predicted octanol–water partition coefficient (Wildman–Crippen LogP) is 6.69. The number of halogens is 1. The molecule has 0 bridgehead atoms. The number of hydrogen-bond acceptors (Lipinski definition) is 6. The molecule has 2 aromatic carbocycles. The van der Waals surface area contributed by atoms with Gasteiger partial charge >= 0.3 is 5.97 Å². The van der Waals surface area contributed by atoms with Crippen LogP contribution in [0.1, 0.15) is 62.6 Å². The van der Waals surface area contributed by atoms with Crippen LogP contribution < -0.4 is 4.74 Å². The lowest BCUT2D eigenvalue weighted by molar-refractivity contribution is -0.144. The van der Waals surface area contributed by atoms with Crippen molar-refractivity contribution >= 4 is 29.2 Å². The largest absolute Gasteiger partial charge is 0.496 e. The molecule has 45 heavy (non-hydrogen) atoms. The second-order valence-corrected chi connectivity index (χ2v) is 13.4. The first-order valence-corrected chi connectivity index (χ1v) is 16.5. The fourth-order valence-corrected chi connectivity index (χ4v) is 7.27. The van der Waals surface area contributed by atoms with Crippen LogP contribution in [-0.2, 0) is 16.1 Å². The highest BCUT2D eigenvalue weighted by Crippen LogP contribution is 2.50. The van der Waals surface area contributed by atoms with E-state index in [9.17, 15) is 15.0 Å². The molecule has 1 unspecified atom stereocenters. The molecule has 2 aromatic rings. The number of β-amino-alcohol motifs (C(OH)–C–C–N with tert-alkyl or cyclic N) is 1. The first-order valence-electron chi connectivity index (χ1n) is 16.2. The van der Waals surface area contributed by atoms with Gasteiger partial charge in [-0.1, -0.05) is 80.4 Å². The van der Waals surface area contributed by atoms with Crippen molar-refractivity contribution in [3.63, 3.8) is 0 Å². The smallest absolute Gasteiger partial charge is 0.320 e. The fourth-order valence-electron chi connectivity index (χ4n) is 7.02. The Hall–Kier alpha value is -2.94. The minimum atomic E-state index is -0.783. The zero-order valence-electron chi connectivity index (χ0n) is 26.8. The van der Waals surface area contributed by atoms with Crippen molar-refractivity contribution in [1.29, 1.82) is 0 Å². The number of rotatable bonds is 12. The van der Waals surface area contributed by atoms with Crippen LogP contribution >= 0.6 is 11.6 Å². The molecule has 2 fully saturated rings. The summed E-state index contributed by atoms with van der Waals surface area (Å²) in [5.41, 5.74) is 2.85. The zero-order valence-corrected chi connectivity index (χ0v) is 27.5. The normalized spacial score (nSPS) is 25.5. The van der Waals surface area contributed by atoms with Crippen molar-refractivity contribution in [2.75, 3.05) is 39.9 Å². The molecule has 8 heteroatoms. The van der Waals surface area contributed by atoms with Gasteiger partial charge in [-0.05, 0) is 73.2 Å². The molecule has 0 aromatic heterocycles. The maximum Gasteiger partial charge on any atom is 0.320 e. The Kier molecular flexibility index (Phi) is 10.9. The number of benzene rings is 2. The Morgan fingerprint density at radius 3 is 2.64 bits per heavy atom. The summed E-state index contributed by atoms with van der Waals surface area (Å²) in [7, 11) is 1.64. The highest BCUT2D eigenvalue weighted by Gasteiger charge is 2.46. The average molecular weight is 635 g/mol. The van der Waals surface area contributed by atoms with E-state index < -0.39 is 23.0 Å². The summed E-state index contributed by atoms with van der Waals surface area (Å²) in [6, 6.07) is 13.8. The van der Waals surface area contributed by atoms with Gasteiger partial charge in [-0.15, -0.1) is 0 Å². The number of nitrogens with zero attached hydrogens (tertiary/aromatic N) is 2. The van der Waals surface area contributed by atoms with Gasteiger partial charge in [-0.25, -0.2) is 0 Å². The molecule has 3 atom stereocenters. The van der Waals surface area contributed by atoms with Crippen molar-refractivity contribution in [3.8, 4) is 5.75 Å². The molecule has 5 rings (SSSR count). The Morgan fingerprint density at radius 1 is 1.13 bits per heavy atom. The summed E-state index contributed by atoms with van der Waals surface area (Å²) in [5.74, 6) is -0.102. The van der Waals surface area contributed by atoms with E-state index in [1.165, 1.54) is 5.57 Å². The molecule has 7 nitrogen and oxygen atoms in total. The third kappa shape index (κ3) is 7.55. The molecule has 0 spiro atoms. The van der Waals surface area contributed by atoms with Crippen molar-refractivity contribution in [2.24, 2.45) is 5.41 Å². The number of aliphatic carboxylic acids is 1. The number of aliphatic hydroxyl groups is 1. The third-order valence-electron chi connectivity index (χ3n) is 9.73. The molecule has 242 valence electrons. The summed E-state index contributed by atoms with van der Waals surface area (Å²) < 4.78 is 12.7. The van der Waals surface area contributed by atoms with Crippen LogP contribution in [0.15, 0.2) is 66.8 Å². The van der Waals surface area contributed by atoms with Gasteiger partial charge in [0, 0.05) is 48.8 Å². The van der Waals surface area contributed by atoms with Crippen molar-refractivity contribution in [3.05, 3.63) is 88.5 Å². The summed E-state index contributed by atoms with van der Waals surface area (Å²) >= 11 is 6.91. The van der Waals surface area contributed by atoms with E-state index in [1.807, 2.05) is 29.2 Å². The fraction of sp³-hybridized carbons (Fsp3) is 0.486. The number of carboxylic acids is 1. The van der Waals surface area contributed by atoms with Crippen LogP contribution in [0.5, 0.6) is 5.75 Å². The highest BCUT2D eigenvalue weighted by atomic mass is 35.5. The van der Waals surface area contributed by atoms with Gasteiger partial charge in [-0.2, -0.15) is 0 Å². The number of hydrogen-bond donors (Lipinski definition) is 2. The number of carboxylic acid groups (broad SMARTS) is 1.